The number of nitrogens with zero attached hydrogens (tertiary/aromatic N) is 3. The fourth-order valence-corrected chi connectivity index (χ4v) is 0.313. The zero-order chi connectivity index (χ0) is 9.66. The van der Waals surface area contributed by atoms with Gasteiger partial charge in [0.25, 0.3) is 0 Å². The van der Waals surface area contributed by atoms with E-state index in [0.29, 0.717) is 12.2 Å². The second-order valence-corrected chi connectivity index (χ2v) is 1.21. The molecule has 0 N–H and O–H groups in total. The highest BCUT2D eigenvalue weighted by atomic mass is 16.1. The van der Waals surface area contributed by atoms with Crippen molar-refractivity contribution in [1.29, 1.82) is 0 Å². The fraction of sp³-hybridized carbons (Fsp3) is 0. The summed E-state index contributed by atoms with van der Waals surface area (Å²) in [5.74, 6) is 0. The van der Waals surface area contributed by atoms with E-state index in [9.17, 15) is 0 Å². The molecule has 0 saturated heterocycles. The van der Waals surface area contributed by atoms with Crippen LogP contribution in [0.1, 0.15) is 0 Å². The van der Waals surface area contributed by atoms with Crippen molar-refractivity contribution in [1.82, 2.24) is 4.98 Å². The predicted octanol–water partition coefficient (Wildman–Crippen LogP) is 0.865. The lowest BCUT2D eigenvalue weighted by Gasteiger charge is -1.70. The largest absolute Gasteiger partial charge is 0.724 e. The normalized spacial score (nSPS) is 5.33. The van der Waals surface area contributed by atoms with Crippen LogP contribution in [-0.2, 0) is 9.59 Å². The molecule has 0 unspecified atom stereocenters. The Hall–Kier alpha value is -2.09. The highest BCUT2D eigenvalue weighted by molar-refractivity contribution is 5.37. The van der Waals surface area contributed by atoms with Crippen LogP contribution in [0.25, 0.3) is 10.8 Å². The second-order valence-electron chi connectivity index (χ2n) is 1.21. The third kappa shape index (κ3) is 24.7. The number of rotatable bonds is 0. The van der Waals surface area contributed by atoms with Crippen LogP contribution in [0.5, 0.6) is 0 Å². The van der Waals surface area contributed by atoms with Crippen molar-refractivity contribution in [3.63, 3.8) is 0 Å². The first-order valence-corrected chi connectivity index (χ1v) is 2.71. The molecule has 0 spiro atoms. The van der Waals surface area contributed by atoms with E-state index in [1.54, 1.807) is 12.4 Å². The maximum atomic E-state index is 8.24. The van der Waals surface area contributed by atoms with Gasteiger partial charge in [0.2, 0.25) is 0 Å². The van der Waals surface area contributed by atoms with Crippen molar-refractivity contribution in [2.75, 3.05) is 0 Å². The monoisotopic (exact) mass is 163 g/mol. The third-order valence-corrected chi connectivity index (χ3v) is 0.566. The number of carbonyl (C=O) groups excluding carboxylic acids is 2. The van der Waals surface area contributed by atoms with Crippen LogP contribution >= 0.6 is 0 Å². The molecule has 0 aliphatic carbocycles. The molecule has 0 aliphatic heterocycles. The first-order valence-electron chi connectivity index (χ1n) is 2.71. The molecule has 0 saturated carbocycles. The summed E-state index contributed by atoms with van der Waals surface area (Å²) >= 11 is 0. The van der Waals surface area contributed by atoms with Crippen LogP contribution in [0.3, 0.4) is 0 Å². The van der Waals surface area contributed by atoms with Gasteiger partial charge in [0.15, 0.2) is 0 Å². The Labute approximate surface area is 69.1 Å². The maximum absolute atomic E-state index is 8.24. The average Bonchev–Trinajstić information content (AvgIpc) is 2.10. The van der Waals surface area contributed by atoms with E-state index in [2.05, 4.69) is 4.98 Å². The standard InChI is InChI=1S/C5H5N.2CNO/c1-2-4-6-5-3-1;2*2-1-3/h1-5H;;/q;2*-1. The van der Waals surface area contributed by atoms with Gasteiger partial charge < -0.3 is 10.8 Å². The Kier molecular flexibility index (Phi) is 16.7. The molecule has 5 heteroatoms. The van der Waals surface area contributed by atoms with Gasteiger partial charge in [-0.2, -0.15) is 0 Å². The van der Waals surface area contributed by atoms with E-state index < -0.39 is 0 Å². The summed E-state index contributed by atoms with van der Waals surface area (Å²) in [6, 6.07) is 5.72. The summed E-state index contributed by atoms with van der Waals surface area (Å²) in [6.45, 7) is 0. The molecule has 0 bridgehead atoms. The van der Waals surface area contributed by atoms with Gasteiger partial charge in [-0.1, -0.05) is 6.07 Å². The summed E-state index contributed by atoms with van der Waals surface area (Å²) in [5, 5.41) is 13.5. The van der Waals surface area contributed by atoms with Gasteiger partial charge in [-0.3, -0.25) is 14.6 Å². The molecular weight excluding hydrogens is 158 g/mol. The topological polar surface area (TPSA) is 91.6 Å². The van der Waals surface area contributed by atoms with E-state index in [1.165, 1.54) is 0 Å². The lowest BCUT2D eigenvalue weighted by atomic mass is 10.5. The van der Waals surface area contributed by atoms with Crippen LogP contribution in [-0.4, -0.2) is 17.1 Å². The Morgan fingerprint density at radius 1 is 0.917 bits per heavy atom. The van der Waals surface area contributed by atoms with Crippen molar-refractivity contribution in [3.05, 3.63) is 41.4 Å². The summed E-state index contributed by atoms with van der Waals surface area (Å²) in [5.41, 5.74) is 0. The molecular formula is C7H5N3O2-2. The van der Waals surface area contributed by atoms with Crippen molar-refractivity contribution < 1.29 is 9.59 Å². The van der Waals surface area contributed by atoms with E-state index in [-0.39, 0.29) is 0 Å². The fourth-order valence-electron chi connectivity index (χ4n) is 0.313. The Morgan fingerprint density at radius 3 is 1.33 bits per heavy atom. The van der Waals surface area contributed by atoms with Gasteiger partial charge >= 0.3 is 0 Å². The van der Waals surface area contributed by atoms with Crippen LogP contribution in [0, 0.1) is 0 Å². The zero-order valence-corrected chi connectivity index (χ0v) is 6.04. The summed E-state index contributed by atoms with van der Waals surface area (Å²) in [4.78, 5) is 20.3. The maximum Gasteiger partial charge on any atom is 0.0267 e. The van der Waals surface area contributed by atoms with Crippen molar-refractivity contribution in [3.8, 4) is 0 Å². The zero-order valence-electron chi connectivity index (χ0n) is 6.04. The summed E-state index contributed by atoms with van der Waals surface area (Å²) < 4.78 is 0. The minimum atomic E-state index is 0.500. The van der Waals surface area contributed by atoms with E-state index >= 15 is 0 Å². The molecule has 1 aromatic rings. The molecule has 1 aromatic heterocycles. The lowest BCUT2D eigenvalue weighted by Crippen LogP contribution is -1.58. The Balaban J connectivity index is 0. The highest BCUT2D eigenvalue weighted by Gasteiger charge is 1.58. The molecule has 1 heterocycles. The summed E-state index contributed by atoms with van der Waals surface area (Å²) in [7, 11) is 0. The number of aromatic nitrogens is 1. The molecule has 0 radical (unpaired) electrons. The van der Waals surface area contributed by atoms with Gasteiger partial charge in [-0.05, 0) is 24.3 Å². The first kappa shape index (κ1) is 12.6. The lowest BCUT2D eigenvalue weighted by molar-refractivity contribution is 0.568. The van der Waals surface area contributed by atoms with E-state index in [4.69, 9.17) is 20.4 Å². The molecule has 5 nitrogen and oxygen atoms in total. The molecule has 1 rings (SSSR count). The van der Waals surface area contributed by atoms with E-state index in [0.717, 1.165) is 0 Å². The van der Waals surface area contributed by atoms with Crippen LogP contribution < -0.4 is 0 Å². The van der Waals surface area contributed by atoms with Crippen LogP contribution in [0.15, 0.2) is 30.6 Å². The van der Waals surface area contributed by atoms with Crippen molar-refractivity contribution in [2.24, 2.45) is 0 Å². The second kappa shape index (κ2) is 16.0. The number of hydrogen-bond donors (Lipinski definition) is 0. The molecule has 0 aromatic carbocycles. The van der Waals surface area contributed by atoms with E-state index in [1.807, 2.05) is 18.2 Å². The number of isocyanates is 2. The summed E-state index contributed by atoms with van der Waals surface area (Å²) in [6.07, 6.45) is 4.50. The third-order valence-electron chi connectivity index (χ3n) is 0.566. The molecule has 62 valence electrons. The molecule has 0 aliphatic rings. The molecule has 12 heavy (non-hydrogen) atoms. The SMILES string of the molecule is [N-]=C=O.[N-]=C=O.c1ccncc1. The van der Waals surface area contributed by atoms with Crippen LogP contribution in [0.4, 0.5) is 0 Å². The minimum absolute atomic E-state index is 0.500. The van der Waals surface area contributed by atoms with Gasteiger partial charge in [-0.15, -0.1) is 0 Å². The Morgan fingerprint density at radius 2 is 1.25 bits per heavy atom. The molecule has 0 atom stereocenters. The quantitative estimate of drug-likeness (QED) is 0.419. The minimum Gasteiger partial charge on any atom is -0.724 e. The molecule has 0 amide bonds. The predicted molar refractivity (Wildman–Crippen MR) is 42.3 cm³/mol. The average molecular weight is 163 g/mol. The highest BCUT2D eigenvalue weighted by Crippen LogP contribution is 1.73. The van der Waals surface area contributed by atoms with Crippen LogP contribution in [0.2, 0.25) is 0 Å². The molecule has 0 fully saturated rings. The Bertz CT molecular complexity index is 197. The van der Waals surface area contributed by atoms with Crippen molar-refractivity contribution in [2.45, 2.75) is 0 Å². The smallest absolute Gasteiger partial charge is 0.0267 e. The van der Waals surface area contributed by atoms with Gasteiger partial charge in [0.05, 0.1) is 0 Å². The number of pyridine rings is 1. The number of hydrogen-bond acceptors (Lipinski definition) is 3. The van der Waals surface area contributed by atoms with Gasteiger partial charge in [0.1, 0.15) is 0 Å². The van der Waals surface area contributed by atoms with Gasteiger partial charge in [-0.25, -0.2) is 0 Å². The van der Waals surface area contributed by atoms with Crippen molar-refractivity contribution >= 4 is 12.2 Å². The first-order chi connectivity index (χ1) is 5.83. The van der Waals surface area contributed by atoms with Gasteiger partial charge in [0, 0.05) is 12.4 Å².